The standard InChI is InChI=1S/C24H29ClN6OS/c1-17-5-4-6-21(18(17)2)26-22(32)15-29-11-13-30(14-12-29)16-31-24(33)28(3)23(27-31)19-7-9-20(25)10-8-19/h4-10H,11-16H2,1-3H3,(H,26,32). The van der Waals surface area contributed by atoms with Crippen molar-refractivity contribution in [3.63, 3.8) is 0 Å². The van der Waals surface area contributed by atoms with Crippen LogP contribution in [-0.4, -0.2) is 62.8 Å². The highest BCUT2D eigenvalue weighted by Gasteiger charge is 2.21. The zero-order valence-electron chi connectivity index (χ0n) is 19.2. The number of nitrogens with zero attached hydrogens (tertiary/aromatic N) is 5. The summed E-state index contributed by atoms with van der Waals surface area (Å²) in [6.07, 6.45) is 0. The van der Waals surface area contributed by atoms with Gasteiger partial charge in [0.05, 0.1) is 13.2 Å². The molecule has 33 heavy (non-hydrogen) atoms. The lowest BCUT2D eigenvalue weighted by molar-refractivity contribution is -0.117. The van der Waals surface area contributed by atoms with Crippen LogP contribution in [0.1, 0.15) is 11.1 Å². The Bertz CT molecular complexity index is 1190. The molecule has 1 aliphatic heterocycles. The van der Waals surface area contributed by atoms with Gasteiger partial charge in [-0.25, -0.2) is 4.68 Å². The largest absolute Gasteiger partial charge is 0.325 e. The van der Waals surface area contributed by atoms with E-state index in [4.69, 9.17) is 28.9 Å². The van der Waals surface area contributed by atoms with Crippen LogP contribution < -0.4 is 5.32 Å². The average molecular weight is 485 g/mol. The van der Waals surface area contributed by atoms with Crippen LogP contribution in [0.15, 0.2) is 42.5 Å². The van der Waals surface area contributed by atoms with Crippen LogP contribution in [-0.2, 0) is 18.5 Å². The summed E-state index contributed by atoms with van der Waals surface area (Å²) in [4.78, 5) is 17.1. The van der Waals surface area contributed by atoms with Crippen molar-refractivity contribution in [1.82, 2.24) is 24.1 Å². The highest BCUT2D eigenvalue weighted by Crippen LogP contribution is 2.21. The predicted octanol–water partition coefficient (Wildman–Crippen LogP) is 4.10. The maximum Gasteiger partial charge on any atom is 0.238 e. The van der Waals surface area contributed by atoms with Gasteiger partial charge in [-0.3, -0.25) is 14.6 Å². The Hall–Kier alpha value is -2.52. The van der Waals surface area contributed by atoms with E-state index in [-0.39, 0.29) is 5.91 Å². The normalized spacial score (nSPS) is 15.0. The molecule has 1 saturated heterocycles. The molecule has 1 amide bonds. The Balaban J connectivity index is 1.32. The summed E-state index contributed by atoms with van der Waals surface area (Å²) in [5.74, 6) is 0.843. The molecule has 1 fully saturated rings. The van der Waals surface area contributed by atoms with Gasteiger partial charge >= 0.3 is 0 Å². The van der Waals surface area contributed by atoms with Crippen molar-refractivity contribution in [2.45, 2.75) is 20.5 Å². The molecule has 1 N–H and O–H groups in total. The number of anilines is 1. The van der Waals surface area contributed by atoms with Gasteiger partial charge in [0.15, 0.2) is 10.6 Å². The summed E-state index contributed by atoms with van der Waals surface area (Å²) in [6, 6.07) is 13.6. The van der Waals surface area contributed by atoms with Crippen molar-refractivity contribution in [1.29, 1.82) is 0 Å². The number of piperazine rings is 1. The molecule has 0 radical (unpaired) electrons. The predicted molar refractivity (Wildman–Crippen MR) is 135 cm³/mol. The number of aromatic nitrogens is 3. The van der Waals surface area contributed by atoms with Gasteiger partial charge in [0.2, 0.25) is 5.91 Å². The van der Waals surface area contributed by atoms with E-state index < -0.39 is 0 Å². The summed E-state index contributed by atoms with van der Waals surface area (Å²) >= 11 is 11.6. The highest BCUT2D eigenvalue weighted by molar-refractivity contribution is 7.71. The Kier molecular flexibility index (Phi) is 7.29. The summed E-state index contributed by atoms with van der Waals surface area (Å²) in [6.45, 7) is 8.46. The molecular formula is C24H29ClN6OS. The molecule has 174 valence electrons. The van der Waals surface area contributed by atoms with Gasteiger partial charge in [-0.1, -0.05) is 23.7 Å². The number of benzene rings is 2. The van der Waals surface area contributed by atoms with Crippen LogP contribution in [0.4, 0.5) is 5.69 Å². The number of aryl methyl sites for hydroxylation is 1. The number of rotatable bonds is 6. The first-order valence-corrected chi connectivity index (χ1v) is 11.8. The van der Waals surface area contributed by atoms with Crippen LogP contribution in [0.25, 0.3) is 11.4 Å². The molecule has 1 aromatic heterocycles. The average Bonchev–Trinajstić information content (AvgIpc) is 3.07. The third-order valence-corrected chi connectivity index (χ3v) is 6.92. The highest BCUT2D eigenvalue weighted by atomic mass is 35.5. The van der Waals surface area contributed by atoms with E-state index in [0.717, 1.165) is 48.8 Å². The summed E-state index contributed by atoms with van der Waals surface area (Å²) in [5.41, 5.74) is 4.15. The third-order valence-electron chi connectivity index (χ3n) is 6.19. The molecule has 0 atom stereocenters. The van der Waals surface area contributed by atoms with Crippen molar-refractivity contribution in [3.8, 4) is 11.4 Å². The number of nitrogens with one attached hydrogen (secondary N) is 1. The second-order valence-corrected chi connectivity index (χ2v) is 9.30. The Morgan fingerprint density at radius 1 is 1.06 bits per heavy atom. The number of carbonyl (C=O) groups is 1. The molecule has 3 aromatic rings. The number of amides is 1. The summed E-state index contributed by atoms with van der Waals surface area (Å²) < 4.78 is 4.46. The number of hydrogen-bond acceptors (Lipinski definition) is 5. The lowest BCUT2D eigenvalue weighted by atomic mass is 10.1. The van der Waals surface area contributed by atoms with Crippen molar-refractivity contribution < 1.29 is 4.79 Å². The number of halogens is 1. The van der Waals surface area contributed by atoms with E-state index in [0.29, 0.717) is 23.0 Å². The van der Waals surface area contributed by atoms with E-state index in [1.165, 1.54) is 5.56 Å². The van der Waals surface area contributed by atoms with Gasteiger partial charge in [0, 0.05) is 49.5 Å². The lowest BCUT2D eigenvalue weighted by Crippen LogP contribution is -2.49. The first-order chi connectivity index (χ1) is 15.8. The lowest BCUT2D eigenvalue weighted by Gasteiger charge is -2.34. The van der Waals surface area contributed by atoms with Crippen LogP contribution in [0.2, 0.25) is 5.02 Å². The molecule has 0 bridgehead atoms. The SMILES string of the molecule is Cc1cccc(NC(=O)CN2CCN(Cn3nc(-c4ccc(Cl)cc4)n(C)c3=S)CC2)c1C. The monoisotopic (exact) mass is 484 g/mol. The molecule has 7 nitrogen and oxygen atoms in total. The molecule has 1 aliphatic rings. The number of carbonyl (C=O) groups excluding carboxylic acids is 1. The van der Waals surface area contributed by atoms with Crippen LogP contribution >= 0.6 is 23.8 Å². The van der Waals surface area contributed by atoms with Gasteiger partial charge < -0.3 is 9.88 Å². The second-order valence-electron chi connectivity index (χ2n) is 8.50. The Morgan fingerprint density at radius 2 is 1.73 bits per heavy atom. The van der Waals surface area contributed by atoms with Crippen molar-refractivity contribution in [3.05, 3.63) is 63.4 Å². The Labute approximate surface area is 204 Å². The van der Waals surface area contributed by atoms with E-state index in [1.54, 1.807) is 0 Å². The van der Waals surface area contributed by atoms with E-state index in [1.807, 2.05) is 59.6 Å². The zero-order chi connectivity index (χ0) is 23.5. The fraction of sp³-hybridized carbons (Fsp3) is 0.375. The topological polar surface area (TPSA) is 58.3 Å². The maximum absolute atomic E-state index is 12.6. The van der Waals surface area contributed by atoms with Gasteiger partial charge in [0.25, 0.3) is 0 Å². The molecule has 4 rings (SSSR count). The van der Waals surface area contributed by atoms with Gasteiger partial charge in [-0.15, -0.1) is 0 Å². The Morgan fingerprint density at radius 3 is 2.42 bits per heavy atom. The second kappa shape index (κ2) is 10.2. The summed E-state index contributed by atoms with van der Waals surface area (Å²) in [5, 5.41) is 8.49. The van der Waals surface area contributed by atoms with Gasteiger partial charge in [-0.2, -0.15) is 5.10 Å². The van der Waals surface area contributed by atoms with Crippen molar-refractivity contribution >= 4 is 35.4 Å². The quantitative estimate of drug-likeness (QED) is 0.534. The molecule has 0 spiro atoms. The molecule has 2 aromatic carbocycles. The van der Waals surface area contributed by atoms with E-state index in [2.05, 4.69) is 28.1 Å². The van der Waals surface area contributed by atoms with Crippen molar-refractivity contribution in [2.24, 2.45) is 7.05 Å². The fourth-order valence-corrected chi connectivity index (χ4v) is 4.30. The minimum Gasteiger partial charge on any atom is -0.325 e. The number of hydrogen-bond donors (Lipinski definition) is 1. The smallest absolute Gasteiger partial charge is 0.238 e. The minimum atomic E-state index is 0.0247. The van der Waals surface area contributed by atoms with Crippen LogP contribution in [0.5, 0.6) is 0 Å². The van der Waals surface area contributed by atoms with Crippen LogP contribution in [0, 0.1) is 18.6 Å². The molecular weight excluding hydrogens is 456 g/mol. The molecule has 0 aliphatic carbocycles. The fourth-order valence-electron chi connectivity index (χ4n) is 3.99. The van der Waals surface area contributed by atoms with Crippen LogP contribution in [0.3, 0.4) is 0 Å². The molecule has 2 heterocycles. The maximum atomic E-state index is 12.6. The van der Waals surface area contributed by atoms with Crippen molar-refractivity contribution in [2.75, 3.05) is 38.0 Å². The summed E-state index contributed by atoms with van der Waals surface area (Å²) in [7, 11) is 1.93. The third kappa shape index (κ3) is 5.52. The van der Waals surface area contributed by atoms with E-state index >= 15 is 0 Å². The minimum absolute atomic E-state index is 0.0247. The molecule has 9 heteroatoms. The van der Waals surface area contributed by atoms with Gasteiger partial charge in [0.1, 0.15) is 0 Å². The first kappa shape index (κ1) is 23.6. The first-order valence-electron chi connectivity index (χ1n) is 11.0. The zero-order valence-corrected chi connectivity index (χ0v) is 20.8. The molecule has 0 saturated carbocycles. The van der Waals surface area contributed by atoms with E-state index in [9.17, 15) is 4.79 Å². The van der Waals surface area contributed by atoms with Gasteiger partial charge in [-0.05, 0) is 67.5 Å². The molecule has 0 unspecified atom stereocenters.